The first-order valence-corrected chi connectivity index (χ1v) is 8.63. The van der Waals surface area contributed by atoms with E-state index in [0.29, 0.717) is 5.92 Å². The van der Waals surface area contributed by atoms with E-state index < -0.39 is 0 Å². The van der Waals surface area contributed by atoms with Gasteiger partial charge in [0.15, 0.2) is 0 Å². The number of methoxy groups -OCH3 is 1. The van der Waals surface area contributed by atoms with Crippen LogP contribution in [0.1, 0.15) is 48.7 Å². The molecule has 2 aromatic rings. The number of hydrogen-bond acceptors (Lipinski definition) is 4. The van der Waals surface area contributed by atoms with Crippen molar-refractivity contribution in [1.29, 1.82) is 0 Å². The van der Waals surface area contributed by atoms with E-state index in [2.05, 4.69) is 26.6 Å². The Kier molecular flexibility index (Phi) is 5.21. The number of carbonyl (C=O) groups excluding carboxylic acids is 1. The van der Waals surface area contributed by atoms with Gasteiger partial charge in [0.05, 0.1) is 13.2 Å². The number of aryl methyl sites for hydroxylation is 1. The van der Waals surface area contributed by atoms with Gasteiger partial charge in [-0.15, -0.1) is 0 Å². The maximum Gasteiger partial charge on any atom is 0.317 e. The summed E-state index contributed by atoms with van der Waals surface area (Å²) in [4.78, 5) is 18.7. The largest absolute Gasteiger partial charge is 0.496 e. The van der Waals surface area contributed by atoms with Crippen LogP contribution < -0.4 is 10.1 Å². The molecule has 1 aromatic carbocycles. The summed E-state index contributed by atoms with van der Waals surface area (Å²) in [5, 5.41) is 9.92. The molecule has 2 heterocycles. The monoisotopic (exact) mass is 343 g/mol. The number of carbonyl (C=O) groups is 1. The number of nitrogens with zero attached hydrogens (tertiary/aromatic N) is 3. The van der Waals surface area contributed by atoms with Gasteiger partial charge in [-0.1, -0.05) is 17.7 Å². The smallest absolute Gasteiger partial charge is 0.317 e. The first-order chi connectivity index (χ1) is 12.1. The normalized spacial score (nSPS) is 16.5. The molecule has 134 valence electrons. The van der Waals surface area contributed by atoms with Crippen molar-refractivity contribution in [2.45, 2.75) is 38.6 Å². The summed E-state index contributed by atoms with van der Waals surface area (Å²) in [6.07, 6.45) is 3.32. The van der Waals surface area contributed by atoms with Gasteiger partial charge in [0, 0.05) is 24.6 Å². The maximum absolute atomic E-state index is 12.6. The lowest BCUT2D eigenvalue weighted by molar-refractivity contribution is 0.177. The highest BCUT2D eigenvalue weighted by molar-refractivity contribution is 5.75. The molecule has 7 heteroatoms. The molecule has 0 spiro atoms. The number of likely N-dealkylation sites (tertiary alicyclic amines) is 1. The minimum Gasteiger partial charge on any atom is -0.496 e. The van der Waals surface area contributed by atoms with Gasteiger partial charge >= 0.3 is 6.03 Å². The summed E-state index contributed by atoms with van der Waals surface area (Å²) in [6, 6.07) is 5.85. The average Bonchev–Trinajstić information content (AvgIpc) is 3.16. The fraction of sp³-hybridized carbons (Fsp3) is 0.500. The van der Waals surface area contributed by atoms with Crippen molar-refractivity contribution in [2.75, 3.05) is 20.2 Å². The Morgan fingerprint density at radius 3 is 2.80 bits per heavy atom. The molecule has 1 aromatic heterocycles. The molecule has 2 N–H and O–H groups in total. The summed E-state index contributed by atoms with van der Waals surface area (Å²) in [5.74, 6) is 2.06. The molecule has 0 aliphatic carbocycles. The number of benzene rings is 1. The Morgan fingerprint density at radius 2 is 2.16 bits per heavy atom. The lowest BCUT2D eigenvalue weighted by atomic mass is 9.96. The molecule has 1 aliphatic rings. The first-order valence-electron chi connectivity index (χ1n) is 8.63. The second-order valence-electron chi connectivity index (χ2n) is 6.55. The predicted octanol–water partition coefficient (Wildman–Crippen LogP) is 2.77. The molecule has 7 nitrogen and oxygen atoms in total. The summed E-state index contributed by atoms with van der Waals surface area (Å²) in [6.45, 7) is 5.45. The molecule has 1 aliphatic heterocycles. The first kappa shape index (κ1) is 17.3. The number of aromatic nitrogens is 3. The molecular weight excluding hydrogens is 318 g/mol. The minimum absolute atomic E-state index is 0.0351. The number of amides is 2. The van der Waals surface area contributed by atoms with E-state index in [1.807, 2.05) is 30.9 Å². The van der Waals surface area contributed by atoms with E-state index in [-0.39, 0.29) is 12.1 Å². The van der Waals surface area contributed by atoms with E-state index in [0.717, 1.165) is 48.6 Å². The SMILES string of the molecule is COc1ccc(C)cc1[C@@H](C)NC(=O)N1CCC(c2ncn[nH]2)CC1. The summed E-state index contributed by atoms with van der Waals surface area (Å²) < 4.78 is 5.42. The third kappa shape index (κ3) is 3.92. The molecule has 0 unspecified atom stereocenters. The van der Waals surface area contributed by atoms with Crippen LogP contribution in [0, 0.1) is 6.92 Å². The number of H-pyrrole nitrogens is 1. The van der Waals surface area contributed by atoms with Crippen LogP contribution in [0.15, 0.2) is 24.5 Å². The third-order valence-electron chi connectivity index (χ3n) is 4.79. The van der Waals surface area contributed by atoms with E-state index in [4.69, 9.17) is 4.74 Å². The van der Waals surface area contributed by atoms with Crippen LogP contribution in [-0.4, -0.2) is 46.3 Å². The Morgan fingerprint density at radius 1 is 1.40 bits per heavy atom. The zero-order valence-electron chi connectivity index (χ0n) is 15.0. The van der Waals surface area contributed by atoms with Gasteiger partial charge in [-0.3, -0.25) is 5.10 Å². The van der Waals surface area contributed by atoms with E-state index in [9.17, 15) is 4.79 Å². The van der Waals surface area contributed by atoms with E-state index in [1.54, 1.807) is 7.11 Å². The van der Waals surface area contributed by atoms with Crippen LogP contribution in [0.4, 0.5) is 4.79 Å². The molecule has 2 amide bonds. The standard InChI is InChI=1S/C18H25N5O2/c1-12-4-5-16(25-3)15(10-12)13(2)21-18(24)23-8-6-14(7-9-23)17-19-11-20-22-17/h4-5,10-11,13-14H,6-9H2,1-3H3,(H,21,24)(H,19,20,22)/t13-/m1/s1. The number of hydrogen-bond donors (Lipinski definition) is 2. The Hall–Kier alpha value is -2.57. The third-order valence-corrected chi connectivity index (χ3v) is 4.79. The highest BCUT2D eigenvalue weighted by atomic mass is 16.5. The number of urea groups is 1. The van der Waals surface area contributed by atoms with Gasteiger partial charge in [-0.05, 0) is 32.8 Å². The second kappa shape index (κ2) is 7.55. The molecule has 1 fully saturated rings. The van der Waals surface area contributed by atoms with Crippen molar-refractivity contribution in [3.63, 3.8) is 0 Å². The average molecular weight is 343 g/mol. The zero-order valence-corrected chi connectivity index (χ0v) is 15.0. The van der Waals surface area contributed by atoms with Crippen LogP contribution in [-0.2, 0) is 0 Å². The second-order valence-corrected chi connectivity index (χ2v) is 6.55. The van der Waals surface area contributed by atoms with E-state index >= 15 is 0 Å². The number of piperidine rings is 1. The number of aromatic amines is 1. The Balaban J connectivity index is 1.58. The fourth-order valence-corrected chi connectivity index (χ4v) is 3.31. The van der Waals surface area contributed by atoms with Crippen LogP contribution in [0.5, 0.6) is 5.75 Å². The maximum atomic E-state index is 12.6. The molecule has 3 rings (SSSR count). The van der Waals surface area contributed by atoms with Crippen LogP contribution in [0.3, 0.4) is 0 Å². The molecule has 25 heavy (non-hydrogen) atoms. The van der Waals surface area contributed by atoms with Crippen molar-refractivity contribution in [3.05, 3.63) is 41.5 Å². The highest BCUT2D eigenvalue weighted by Crippen LogP contribution is 2.28. The fourth-order valence-electron chi connectivity index (χ4n) is 3.31. The molecular formula is C18H25N5O2. The molecule has 1 saturated heterocycles. The quantitative estimate of drug-likeness (QED) is 0.894. The van der Waals surface area contributed by atoms with Crippen LogP contribution >= 0.6 is 0 Å². The summed E-state index contributed by atoms with van der Waals surface area (Å²) in [5.41, 5.74) is 2.14. The lowest BCUT2D eigenvalue weighted by Gasteiger charge is -2.32. The number of rotatable bonds is 4. The topological polar surface area (TPSA) is 83.1 Å². The van der Waals surface area contributed by atoms with Gasteiger partial charge in [-0.25, -0.2) is 9.78 Å². The molecule has 0 saturated carbocycles. The van der Waals surface area contributed by atoms with Crippen LogP contribution in [0.2, 0.25) is 0 Å². The van der Waals surface area contributed by atoms with Gasteiger partial charge < -0.3 is 15.0 Å². The van der Waals surface area contributed by atoms with Gasteiger partial charge in [-0.2, -0.15) is 5.10 Å². The molecule has 0 bridgehead atoms. The van der Waals surface area contributed by atoms with Gasteiger partial charge in [0.25, 0.3) is 0 Å². The molecule has 0 radical (unpaired) electrons. The summed E-state index contributed by atoms with van der Waals surface area (Å²) in [7, 11) is 1.65. The van der Waals surface area contributed by atoms with Crippen LogP contribution in [0.25, 0.3) is 0 Å². The Bertz CT molecular complexity index is 708. The predicted molar refractivity (Wildman–Crippen MR) is 94.6 cm³/mol. The highest BCUT2D eigenvalue weighted by Gasteiger charge is 2.26. The number of ether oxygens (including phenoxy) is 1. The van der Waals surface area contributed by atoms with Crippen molar-refractivity contribution >= 4 is 6.03 Å². The van der Waals surface area contributed by atoms with E-state index in [1.165, 1.54) is 6.33 Å². The van der Waals surface area contributed by atoms with Crippen molar-refractivity contribution < 1.29 is 9.53 Å². The van der Waals surface area contributed by atoms with Crippen molar-refractivity contribution in [3.8, 4) is 5.75 Å². The minimum atomic E-state index is -0.116. The van der Waals surface area contributed by atoms with Crippen molar-refractivity contribution in [2.24, 2.45) is 0 Å². The van der Waals surface area contributed by atoms with Crippen molar-refractivity contribution in [1.82, 2.24) is 25.4 Å². The van der Waals surface area contributed by atoms with Gasteiger partial charge in [0.1, 0.15) is 17.9 Å². The molecule has 1 atom stereocenters. The number of nitrogens with one attached hydrogen (secondary N) is 2. The van der Waals surface area contributed by atoms with Gasteiger partial charge in [0.2, 0.25) is 0 Å². The summed E-state index contributed by atoms with van der Waals surface area (Å²) >= 11 is 0. The lowest BCUT2D eigenvalue weighted by Crippen LogP contribution is -2.45. The zero-order chi connectivity index (χ0) is 17.8. The Labute approximate surface area is 147 Å².